The van der Waals surface area contributed by atoms with Crippen molar-refractivity contribution in [3.05, 3.63) is 36.0 Å². The van der Waals surface area contributed by atoms with E-state index in [0.29, 0.717) is 5.92 Å². The van der Waals surface area contributed by atoms with E-state index in [9.17, 15) is 5.11 Å². The Hall–Kier alpha value is -0.973. The second kappa shape index (κ2) is 6.09. The molecule has 0 radical (unpaired) electrons. The largest absolute Gasteiger partial charge is 1.00 e. The maximum absolute atomic E-state index is 11.7. The van der Waals surface area contributed by atoms with Crippen molar-refractivity contribution in [2.45, 2.75) is 32.6 Å². The summed E-state index contributed by atoms with van der Waals surface area (Å²) in [6, 6.07) is 9.50. The van der Waals surface area contributed by atoms with Crippen LogP contribution in [0.4, 0.5) is 0 Å². The minimum absolute atomic E-state index is 0. The maximum atomic E-state index is 11.7. The molecule has 0 fully saturated rings. The maximum Gasteiger partial charge on any atom is 1.00 e. The van der Waals surface area contributed by atoms with E-state index in [2.05, 4.69) is 24.9 Å². The Morgan fingerprint density at radius 1 is 1.12 bits per heavy atom. The van der Waals surface area contributed by atoms with Crippen molar-refractivity contribution in [3.63, 3.8) is 0 Å². The number of pyridine rings is 1. The molecule has 2 aromatic rings. The van der Waals surface area contributed by atoms with Crippen molar-refractivity contribution in [3.8, 4) is 5.75 Å². The van der Waals surface area contributed by atoms with Gasteiger partial charge < -0.3 is 5.11 Å². The van der Waals surface area contributed by atoms with E-state index in [1.807, 2.05) is 12.1 Å². The summed E-state index contributed by atoms with van der Waals surface area (Å²) >= 11 is 0. The fraction of sp³-hybridized carbons (Fsp3) is 0.357. The minimum Gasteiger partial charge on any atom is -0.868 e. The number of hydrogen-bond donors (Lipinski definition) is 0. The van der Waals surface area contributed by atoms with Crippen LogP contribution in [-0.4, -0.2) is 0 Å². The summed E-state index contributed by atoms with van der Waals surface area (Å²) < 4.78 is 0. The van der Waals surface area contributed by atoms with Crippen LogP contribution in [0.2, 0.25) is 0 Å². The summed E-state index contributed by atoms with van der Waals surface area (Å²) in [5.74, 6) is 0.592. The van der Waals surface area contributed by atoms with Crippen molar-refractivity contribution in [1.29, 1.82) is 0 Å². The van der Waals surface area contributed by atoms with Crippen molar-refractivity contribution in [2.24, 2.45) is 0 Å². The molecular formula is C14H17LiNO+. The molecule has 3 heteroatoms. The molecule has 0 aliphatic rings. The van der Waals surface area contributed by atoms with Crippen molar-refractivity contribution >= 4 is 10.9 Å². The molecule has 0 atom stereocenters. The summed E-state index contributed by atoms with van der Waals surface area (Å²) in [7, 11) is 0. The molecule has 0 bridgehead atoms. The molecule has 17 heavy (non-hydrogen) atoms. The fourth-order valence-corrected chi connectivity index (χ4v) is 2.15. The first kappa shape index (κ1) is 14.1. The van der Waals surface area contributed by atoms with Gasteiger partial charge in [-0.15, -0.1) is 0 Å². The number of H-pyrrole nitrogens is 1. The number of para-hydroxylation sites is 1. The molecule has 2 nitrogen and oxygen atoms in total. The number of rotatable bonds is 3. The van der Waals surface area contributed by atoms with E-state index >= 15 is 0 Å². The number of nitrogens with one attached hydrogen (secondary N) is 1. The predicted molar refractivity (Wildman–Crippen MR) is 63.3 cm³/mol. The molecule has 0 saturated carbocycles. The van der Waals surface area contributed by atoms with Crippen LogP contribution >= 0.6 is 0 Å². The second-order valence-corrected chi connectivity index (χ2v) is 4.15. The summed E-state index contributed by atoms with van der Waals surface area (Å²) in [4.78, 5) is 3.28. The number of hydrogen-bond acceptors (Lipinski definition) is 1. The first-order valence-corrected chi connectivity index (χ1v) is 5.88. The summed E-state index contributed by atoms with van der Waals surface area (Å²) in [5.41, 5.74) is 1.90. The average Bonchev–Trinajstić information content (AvgIpc) is 2.32. The van der Waals surface area contributed by atoms with Crippen molar-refractivity contribution < 1.29 is 29.0 Å². The van der Waals surface area contributed by atoms with Crippen molar-refractivity contribution in [1.82, 2.24) is 0 Å². The molecule has 1 N–H and O–H groups in total. The van der Waals surface area contributed by atoms with Crippen LogP contribution in [0.15, 0.2) is 30.3 Å². The molecule has 1 aromatic carbocycles. The molecule has 0 aliphatic carbocycles. The Kier molecular flexibility index (Phi) is 5.05. The van der Waals surface area contributed by atoms with Gasteiger partial charge in [0.1, 0.15) is 0 Å². The van der Waals surface area contributed by atoms with E-state index in [-0.39, 0.29) is 24.6 Å². The van der Waals surface area contributed by atoms with Crippen LogP contribution < -0.4 is 29.0 Å². The third-order valence-corrected chi connectivity index (χ3v) is 3.20. The molecule has 0 aliphatic heterocycles. The third kappa shape index (κ3) is 2.83. The van der Waals surface area contributed by atoms with Crippen LogP contribution in [0.1, 0.15) is 38.3 Å². The van der Waals surface area contributed by atoms with Gasteiger partial charge >= 0.3 is 18.9 Å². The molecule has 0 unspecified atom stereocenters. The molecule has 0 amide bonds. The molecule has 2 rings (SSSR count). The molecular weight excluding hydrogens is 205 g/mol. The Balaban J connectivity index is 0.00000144. The van der Waals surface area contributed by atoms with Crippen molar-refractivity contribution in [2.75, 3.05) is 0 Å². The van der Waals surface area contributed by atoms with Gasteiger partial charge in [0, 0.05) is 17.4 Å². The smallest absolute Gasteiger partial charge is 0.868 e. The zero-order valence-corrected chi connectivity index (χ0v) is 10.8. The SMILES string of the molecule is CCC(CC)c1ccc2cccc([O-])c2[nH+]1.[Li+]. The first-order valence-electron chi connectivity index (χ1n) is 5.88. The standard InChI is InChI=1S/C14H17NO.Li/c1-3-10(4-2)12-9-8-11-6-5-7-13(16)14(11)15-12;/h5-10,16H,3-4H2,1-2H3;/q;+1. The van der Waals surface area contributed by atoms with Crippen LogP contribution in [0.25, 0.3) is 10.9 Å². The minimum atomic E-state index is 0. The Morgan fingerprint density at radius 2 is 1.82 bits per heavy atom. The van der Waals surface area contributed by atoms with E-state index in [1.54, 1.807) is 12.1 Å². The third-order valence-electron chi connectivity index (χ3n) is 3.20. The van der Waals surface area contributed by atoms with Crippen LogP contribution in [0.3, 0.4) is 0 Å². The van der Waals surface area contributed by atoms with E-state index < -0.39 is 0 Å². The quantitative estimate of drug-likeness (QED) is 0.653. The summed E-state index contributed by atoms with van der Waals surface area (Å²) in [5, 5.41) is 12.7. The summed E-state index contributed by atoms with van der Waals surface area (Å²) in [6.45, 7) is 4.35. The van der Waals surface area contributed by atoms with Gasteiger partial charge in [-0.25, -0.2) is 4.98 Å². The van der Waals surface area contributed by atoms with Crippen LogP contribution in [0.5, 0.6) is 5.75 Å². The second-order valence-electron chi connectivity index (χ2n) is 4.15. The Morgan fingerprint density at radius 3 is 2.47 bits per heavy atom. The van der Waals surface area contributed by atoms with Gasteiger partial charge in [0.15, 0.2) is 5.69 Å². The predicted octanol–water partition coefficient (Wildman–Crippen LogP) is -0.365. The summed E-state index contributed by atoms with van der Waals surface area (Å²) in [6.07, 6.45) is 2.19. The van der Waals surface area contributed by atoms with Gasteiger partial charge in [-0.05, 0) is 30.7 Å². The Bertz CT molecular complexity index is 495. The van der Waals surface area contributed by atoms with Crippen LogP contribution in [0, 0.1) is 0 Å². The van der Waals surface area contributed by atoms with E-state index in [4.69, 9.17) is 0 Å². The zero-order valence-electron chi connectivity index (χ0n) is 10.8. The van der Waals surface area contributed by atoms with Crippen LogP contribution in [-0.2, 0) is 0 Å². The average molecular weight is 222 g/mol. The topological polar surface area (TPSA) is 37.2 Å². The Labute approximate surface area is 114 Å². The number of aromatic nitrogens is 1. The van der Waals surface area contributed by atoms with E-state index in [1.165, 1.54) is 5.69 Å². The molecule has 84 valence electrons. The molecule has 1 aromatic heterocycles. The number of fused-ring (bicyclic) bond motifs is 1. The zero-order chi connectivity index (χ0) is 11.5. The number of benzene rings is 1. The first-order chi connectivity index (χ1) is 7.76. The van der Waals surface area contributed by atoms with Gasteiger partial charge in [-0.1, -0.05) is 26.0 Å². The van der Waals surface area contributed by atoms with Gasteiger partial charge in [-0.3, -0.25) is 0 Å². The van der Waals surface area contributed by atoms with Gasteiger partial charge in [0.25, 0.3) is 0 Å². The van der Waals surface area contributed by atoms with E-state index in [0.717, 1.165) is 23.7 Å². The number of aromatic amines is 1. The fourth-order valence-electron chi connectivity index (χ4n) is 2.15. The van der Waals surface area contributed by atoms with Gasteiger partial charge in [-0.2, -0.15) is 0 Å². The van der Waals surface area contributed by atoms with Gasteiger partial charge in [0.05, 0.1) is 0 Å². The van der Waals surface area contributed by atoms with Gasteiger partial charge in [0.2, 0.25) is 5.52 Å². The molecule has 0 spiro atoms. The normalized spacial score (nSPS) is 10.5. The molecule has 0 saturated heterocycles. The molecule has 1 heterocycles. The monoisotopic (exact) mass is 222 g/mol.